The molecule has 0 radical (unpaired) electrons. The molecule has 1 aromatic heterocycles. The van der Waals surface area contributed by atoms with Crippen molar-refractivity contribution in [3.63, 3.8) is 0 Å². The highest BCUT2D eigenvalue weighted by atomic mass is 19.3. The Morgan fingerprint density at radius 1 is 1.35 bits per heavy atom. The normalized spacial score (nSPS) is 14.3. The van der Waals surface area contributed by atoms with Crippen molar-refractivity contribution in [2.45, 2.75) is 38.0 Å². The molecule has 3 rings (SSSR count). The lowest BCUT2D eigenvalue weighted by Crippen LogP contribution is -2.28. The highest BCUT2D eigenvalue weighted by Gasteiger charge is 2.47. The van der Waals surface area contributed by atoms with Gasteiger partial charge in [-0.3, -0.25) is 4.79 Å². The van der Waals surface area contributed by atoms with E-state index in [0.29, 0.717) is 23.0 Å². The molecule has 1 fully saturated rings. The SMILES string of the molecule is Cc1cc(C#N)cc(C2CC2)c1Oc1c(C(F)(F)C(F)F)nc[nH]c1=O. The quantitative estimate of drug-likeness (QED) is 0.811. The van der Waals surface area contributed by atoms with Crippen LogP contribution >= 0.6 is 0 Å². The largest absolute Gasteiger partial charge is 0.449 e. The molecule has 1 aliphatic carbocycles. The van der Waals surface area contributed by atoms with Crippen molar-refractivity contribution in [1.82, 2.24) is 9.97 Å². The summed E-state index contributed by atoms with van der Waals surface area (Å²) in [5, 5.41) is 9.09. The Balaban J connectivity index is 2.14. The molecule has 136 valence electrons. The summed E-state index contributed by atoms with van der Waals surface area (Å²) in [4.78, 5) is 17.3. The van der Waals surface area contributed by atoms with Crippen molar-refractivity contribution in [2.75, 3.05) is 0 Å². The maximum Gasteiger partial charge on any atom is 0.352 e. The molecule has 0 unspecified atom stereocenters. The third kappa shape index (κ3) is 3.14. The number of rotatable bonds is 5. The van der Waals surface area contributed by atoms with Gasteiger partial charge in [-0.1, -0.05) is 0 Å². The van der Waals surface area contributed by atoms with Gasteiger partial charge in [0.1, 0.15) is 5.75 Å². The summed E-state index contributed by atoms with van der Waals surface area (Å²) in [6.07, 6.45) is -1.81. The van der Waals surface area contributed by atoms with E-state index in [-0.39, 0.29) is 11.7 Å². The fraction of sp³-hybridized carbons (Fsp3) is 0.353. The number of ether oxygens (including phenoxy) is 1. The highest BCUT2D eigenvalue weighted by molar-refractivity contribution is 5.52. The van der Waals surface area contributed by atoms with Crippen LogP contribution < -0.4 is 10.3 Å². The lowest BCUT2D eigenvalue weighted by atomic mass is 10.0. The molecule has 1 heterocycles. The maximum absolute atomic E-state index is 13.8. The van der Waals surface area contributed by atoms with E-state index in [9.17, 15) is 22.4 Å². The van der Waals surface area contributed by atoms with Crippen molar-refractivity contribution in [2.24, 2.45) is 0 Å². The van der Waals surface area contributed by atoms with Crippen LogP contribution in [0, 0.1) is 18.3 Å². The van der Waals surface area contributed by atoms with Gasteiger partial charge in [0, 0.05) is 0 Å². The van der Waals surface area contributed by atoms with Crippen molar-refractivity contribution in [3.05, 3.63) is 51.2 Å². The van der Waals surface area contributed by atoms with E-state index in [2.05, 4.69) is 9.97 Å². The topological polar surface area (TPSA) is 78.8 Å². The summed E-state index contributed by atoms with van der Waals surface area (Å²) >= 11 is 0. The van der Waals surface area contributed by atoms with Crippen molar-refractivity contribution < 1.29 is 22.3 Å². The van der Waals surface area contributed by atoms with Gasteiger partial charge >= 0.3 is 12.3 Å². The molecule has 2 aromatic rings. The van der Waals surface area contributed by atoms with Crippen LogP contribution in [0.4, 0.5) is 17.6 Å². The number of alkyl halides is 4. The monoisotopic (exact) mass is 367 g/mol. The van der Waals surface area contributed by atoms with E-state index in [1.54, 1.807) is 13.0 Å². The van der Waals surface area contributed by atoms with E-state index in [1.807, 2.05) is 6.07 Å². The van der Waals surface area contributed by atoms with Gasteiger partial charge < -0.3 is 9.72 Å². The highest BCUT2D eigenvalue weighted by Crippen LogP contribution is 2.47. The van der Waals surface area contributed by atoms with Crippen molar-refractivity contribution in [1.29, 1.82) is 5.26 Å². The Labute approximate surface area is 145 Å². The second kappa shape index (κ2) is 6.44. The molecule has 1 aromatic carbocycles. The fourth-order valence-electron chi connectivity index (χ4n) is 2.63. The van der Waals surface area contributed by atoms with Crippen LogP contribution in [-0.2, 0) is 5.92 Å². The molecule has 0 aliphatic heterocycles. The molecular weight excluding hydrogens is 354 g/mol. The fourth-order valence-corrected chi connectivity index (χ4v) is 2.63. The number of hydrogen-bond donors (Lipinski definition) is 1. The molecule has 5 nitrogen and oxygen atoms in total. The summed E-state index contributed by atoms with van der Waals surface area (Å²) < 4.78 is 58.6. The number of halogens is 4. The van der Waals surface area contributed by atoms with Crippen LogP contribution in [0.2, 0.25) is 0 Å². The first-order valence-electron chi connectivity index (χ1n) is 7.72. The number of aromatic nitrogens is 2. The Morgan fingerprint density at radius 2 is 2.04 bits per heavy atom. The molecule has 0 amide bonds. The molecule has 0 spiro atoms. The standard InChI is InChI=1S/C17H13F4N3O2/c1-8-4-9(6-22)5-11(10-2-3-10)12(8)26-13-14(17(20,21)16(18)19)23-7-24-15(13)25/h4-5,7,10,16H,2-3H2,1H3,(H,23,24,25). The zero-order valence-corrected chi connectivity index (χ0v) is 13.5. The number of nitriles is 1. The Kier molecular flexibility index (Phi) is 4.44. The molecule has 1 N–H and O–H groups in total. The Morgan fingerprint density at radius 3 is 2.62 bits per heavy atom. The van der Waals surface area contributed by atoms with E-state index < -0.39 is 29.4 Å². The van der Waals surface area contributed by atoms with Crippen LogP contribution in [0.15, 0.2) is 23.3 Å². The number of nitrogens with zero attached hydrogens (tertiary/aromatic N) is 2. The summed E-state index contributed by atoms with van der Waals surface area (Å²) in [7, 11) is 0. The number of H-pyrrole nitrogens is 1. The van der Waals surface area contributed by atoms with Crippen LogP contribution in [0.1, 0.15) is 41.1 Å². The zero-order valence-electron chi connectivity index (χ0n) is 13.5. The van der Waals surface area contributed by atoms with Gasteiger partial charge in [-0.25, -0.2) is 13.8 Å². The molecule has 0 bridgehead atoms. The minimum absolute atomic E-state index is 0.0619. The molecule has 1 aliphatic rings. The first-order valence-corrected chi connectivity index (χ1v) is 7.72. The average molecular weight is 367 g/mol. The van der Waals surface area contributed by atoms with Crippen LogP contribution in [0.25, 0.3) is 0 Å². The first-order chi connectivity index (χ1) is 12.3. The number of aryl methyl sites for hydroxylation is 1. The molecule has 0 saturated heterocycles. The average Bonchev–Trinajstić information content (AvgIpc) is 3.42. The van der Waals surface area contributed by atoms with Gasteiger partial charge in [0.2, 0.25) is 5.75 Å². The lowest BCUT2D eigenvalue weighted by Gasteiger charge is -2.19. The minimum atomic E-state index is -4.65. The number of hydrogen-bond acceptors (Lipinski definition) is 4. The van der Waals surface area contributed by atoms with E-state index in [0.717, 1.165) is 12.8 Å². The smallest absolute Gasteiger partial charge is 0.352 e. The summed E-state index contributed by atoms with van der Waals surface area (Å²) in [6, 6.07) is 5.01. The third-order valence-corrected chi connectivity index (χ3v) is 4.05. The Hall–Kier alpha value is -2.89. The van der Waals surface area contributed by atoms with Gasteiger partial charge in [0.05, 0.1) is 18.0 Å². The van der Waals surface area contributed by atoms with E-state index >= 15 is 0 Å². The van der Waals surface area contributed by atoms with E-state index in [1.165, 1.54) is 6.07 Å². The van der Waals surface area contributed by atoms with Gasteiger partial charge in [0.15, 0.2) is 5.69 Å². The number of aromatic amines is 1. The predicted molar refractivity (Wildman–Crippen MR) is 82.7 cm³/mol. The molecule has 26 heavy (non-hydrogen) atoms. The molecular formula is C17H13F4N3O2. The van der Waals surface area contributed by atoms with Crippen LogP contribution in [0.5, 0.6) is 11.5 Å². The minimum Gasteiger partial charge on any atom is -0.449 e. The molecule has 9 heteroatoms. The van der Waals surface area contributed by atoms with Gasteiger partial charge in [-0.2, -0.15) is 14.0 Å². The first kappa shape index (κ1) is 17.9. The summed E-state index contributed by atoms with van der Waals surface area (Å²) in [5.41, 5.74) is -1.16. The number of nitrogens with one attached hydrogen (secondary N) is 1. The zero-order chi connectivity index (χ0) is 19.1. The summed E-state index contributed by atoms with van der Waals surface area (Å²) in [6.45, 7) is 1.58. The van der Waals surface area contributed by atoms with Crippen LogP contribution in [0.3, 0.4) is 0 Å². The maximum atomic E-state index is 13.8. The Bertz CT molecular complexity index is 946. The molecule has 0 atom stereocenters. The van der Waals surface area contributed by atoms with Crippen LogP contribution in [-0.4, -0.2) is 16.4 Å². The third-order valence-electron chi connectivity index (χ3n) is 4.05. The molecule has 1 saturated carbocycles. The van der Waals surface area contributed by atoms with Gasteiger partial charge in [-0.15, -0.1) is 0 Å². The number of benzene rings is 1. The second-order valence-electron chi connectivity index (χ2n) is 6.03. The van der Waals surface area contributed by atoms with Crippen molar-refractivity contribution in [3.8, 4) is 17.6 Å². The summed E-state index contributed by atoms with van der Waals surface area (Å²) in [5.74, 6) is -5.46. The second-order valence-corrected chi connectivity index (χ2v) is 6.03. The van der Waals surface area contributed by atoms with E-state index in [4.69, 9.17) is 10.00 Å². The van der Waals surface area contributed by atoms with Gasteiger partial charge in [0.25, 0.3) is 5.56 Å². The van der Waals surface area contributed by atoms with Gasteiger partial charge in [-0.05, 0) is 48.9 Å². The lowest BCUT2D eigenvalue weighted by molar-refractivity contribution is -0.139. The predicted octanol–water partition coefficient (Wildman–Crippen LogP) is 3.98. The van der Waals surface area contributed by atoms with Crippen molar-refractivity contribution >= 4 is 0 Å².